The van der Waals surface area contributed by atoms with Crippen LogP contribution in [0.25, 0.3) is 0 Å². The van der Waals surface area contributed by atoms with Crippen molar-refractivity contribution in [2.75, 3.05) is 23.0 Å². The maximum Gasteiger partial charge on any atom is 0.255 e. The van der Waals surface area contributed by atoms with E-state index in [1.807, 2.05) is 47.0 Å². The van der Waals surface area contributed by atoms with Crippen LogP contribution in [0.3, 0.4) is 0 Å². The largest absolute Gasteiger partial charge is 0.411 e. The predicted octanol–water partition coefficient (Wildman–Crippen LogP) is 11.1. The molecule has 1 heterocycles. The fourth-order valence-electron chi connectivity index (χ4n) is 4.93. The lowest BCUT2D eigenvalue weighted by Crippen LogP contribution is -2.54. The lowest BCUT2D eigenvalue weighted by molar-refractivity contribution is -0.126. The Hall–Kier alpha value is 0.964. The molecule has 2 rings (SSSR count). The molecule has 3 atom stereocenters. The smallest absolute Gasteiger partial charge is 0.255 e. The van der Waals surface area contributed by atoms with Crippen molar-refractivity contribution in [2.24, 2.45) is 5.92 Å². The van der Waals surface area contributed by atoms with Crippen LogP contribution < -0.4 is 0 Å². The number of hydrogen-bond donors (Lipinski definition) is 0. The predicted molar refractivity (Wildman–Crippen MR) is 205 cm³/mol. The number of thioether (sulfide) groups is 4. The Kier molecular flexibility index (Phi) is 15.3. The van der Waals surface area contributed by atoms with E-state index in [1.165, 1.54) is 5.70 Å². The third-order valence-corrected chi connectivity index (χ3v) is 25.2. The second kappa shape index (κ2) is 16.4. The lowest BCUT2D eigenvalue weighted by Gasteiger charge is -2.47. The molecule has 0 aromatic rings. The molecule has 1 aliphatic heterocycles. The van der Waals surface area contributed by atoms with E-state index in [0.29, 0.717) is 5.91 Å². The van der Waals surface area contributed by atoms with Gasteiger partial charge >= 0.3 is 0 Å². The van der Waals surface area contributed by atoms with Crippen molar-refractivity contribution in [2.45, 2.75) is 159 Å². The number of amides is 1. The number of fused-ring (bicyclic) bond motifs is 1. The molecule has 10 heteroatoms. The molecule has 2 aliphatic rings. The summed E-state index contributed by atoms with van der Waals surface area (Å²) < 4.78 is 14.2. The van der Waals surface area contributed by atoms with Gasteiger partial charge in [0.05, 0.1) is 12.2 Å². The Bertz CT molecular complexity index is 916. The van der Waals surface area contributed by atoms with Crippen LogP contribution in [-0.2, 0) is 13.6 Å². The number of rotatable bonds is 17. The van der Waals surface area contributed by atoms with Gasteiger partial charge in [-0.3, -0.25) is 9.69 Å². The molecule has 1 aliphatic carbocycles. The Balaban J connectivity index is 2.80. The van der Waals surface area contributed by atoms with Gasteiger partial charge in [0.15, 0.2) is 16.6 Å². The van der Waals surface area contributed by atoms with Crippen molar-refractivity contribution >= 4 is 69.6 Å². The van der Waals surface area contributed by atoms with Crippen molar-refractivity contribution in [1.29, 1.82) is 0 Å². The van der Waals surface area contributed by atoms with Gasteiger partial charge in [0, 0.05) is 11.6 Å². The molecular weight excluding hydrogens is 643 g/mol. The summed E-state index contributed by atoms with van der Waals surface area (Å²) in [7, 11) is -4.22. The second-order valence-corrected chi connectivity index (χ2v) is 30.4. The maximum atomic E-state index is 15.0. The number of carbonyl (C=O) groups is 1. The molecule has 1 fully saturated rings. The summed E-state index contributed by atoms with van der Waals surface area (Å²) in [6.45, 7) is 32.3. The van der Waals surface area contributed by atoms with E-state index in [1.54, 1.807) is 0 Å². The van der Waals surface area contributed by atoms with Crippen LogP contribution in [-0.4, -0.2) is 71.4 Å². The van der Waals surface area contributed by atoms with Crippen molar-refractivity contribution in [3.8, 4) is 0 Å². The van der Waals surface area contributed by atoms with Gasteiger partial charge < -0.3 is 8.85 Å². The Morgan fingerprint density at radius 3 is 1.67 bits per heavy atom. The minimum atomic E-state index is -2.12. The Labute approximate surface area is 285 Å². The zero-order valence-corrected chi connectivity index (χ0v) is 35.3. The summed E-state index contributed by atoms with van der Waals surface area (Å²) in [6.07, 6.45) is 7.39. The van der Waals surface area contributed by atoms with Gasteiger partial charge in [0.1, 0.15) is 8.78 Å². The number of likely N-dealkylation sites (tertiary alicyclic amines) is 1. The normalized spacial score (nSPS) is 23.2. The molecule has 0 bridgehead atoms. The lowest BCUT2D eigenvalue weighted by atomic mass is 9.88. The van der Waals surface area contributed by atoms with E-state index in [4.69, 9.17) is 8.85 Å². The third kappa shape index (κ3) is 9.53. The molecule has 0 aromatic carbocycles. The molecule has 0 spiro atoms. The van der Waals surface area contributed by atoms with Crippen LogP contribution in [0.1, 0.15) is 101 Å². The summed E-state index contributed by atoms with van der Waals surface area (Å²) in [5.74, 6) is 4.54. The highest BCUT2D eigenvalue weighted by Crippen LogP contribution is 2.60. The zero-order chi connectivity index (χ0) is 32.9. The van der Waals surface area contributed by atoms with Crippen LogP contribution in [0, 0.1) is 5.92 Å². The molecule has 0 radical (unpaired) electrons. The highest BCUT2D eigenvalue weighted by atomic mass is 32.2. The topological polar surface area (TPSA) is 38.8 Å². The Morgan fingerprint density at radius 1 is 0.814 bits per heavy atom. The van der Waals surface area contributed by atoms with E-state index in [-0.39, 0.29) is 32.9 Å². The average Bonchev–Trinajstić information content (AvgIpc) is 3.11. The number of hydrogen-bond acceptors (Lipinski definition) is 7. The SMILES string of the molecule is CCCSC(SCCC)N1C(=O)C(SCCC)(SCCC)[C@@H]2C[C@@H](O[Si](C)(C)C(C)(C)C)[C@H](O[Si](C)(C)C(C)(C)C)C=C21. The number of allylic oxidation sites excluding steroid dienone is 1. The molecule has 1 saturated heterocycles. The molecule has 4 nitrogen and oxygen atoms in total. The van der Waals surface area contributed by atoms with Gasteiger partial charge in [-0.15, -0.1) is 47.0 Å². The van der Waals surface area contributed by atoms with Crippen LogP contribution in [0.4, 0.5) is 0 Å². The first-order valence-corrected chi connectivity index (χ1v) is 26.6. The fraction of sp³-hybridized carbons (Fsp3) is 0.909. The first-order valence-electron chi connectivity index (χ1n) is 16.8. The first kappa shape index (κ1) is 40.1. The summed E-state index contributed by atoms with van der Waals surface area (Å²) in [5.41, 5.74) is 1.22. The van der Waals surface area contributed by atoms with Gasteiger partial charge in [-0.2, -0.15) is 0 Å². The van der Waals surface area contributed by atoms with Gasteiger partial charge in [0.2, 0.25) is 0 Å². The molecule has 252 valence electrons. The summed E-state index contributed by atoms with van der Waals surface area (Å²) >= 11 is 7.73. The minimum Gasteiger partial charge on any atom is -0.411 e. The summed E-state index contributed by atoms with van der Waals surface area (Å²) in [4.78, 5) is 17.3. The first-order chi connectivity index (χ1) is 19.8. The standard InChI is InChI=1S/C33H65NO3S4Si2/c1-15-19-38-30(39-20-16-2)34-26-24-28(37-43(13,14)32(8,9)10)27(36-42(11,12)31(5,6)7)23-25(26)33(29(34)35,40-21-17-3)41-22-18-4/h24-25,27-28,30H,15-23H2,1-14H3/t25-,27-,28-/m1/s1. The van der Waals surface area contributed by atoms with Crippen LogP contribution >= 0.6 is 47.0 Å². The molecule has 1 amide bonds. The monoisotopic (exact) mass is 707 g/mol. The maximum absolute atomic E-state index is 15.0. The quantitative estimate of drug-likeness (QED) is 0.110. The van der Waals surface area contributed by atoms with Crippen molar-refractivity contribution in [1.82, 2.24) is 4.90 Å². The van der Waals surface area contributed by atoms with Crippen molar-refractivity contribution < 1.29 is 13.6 Å². The van der Waals surface area contributed by atoms with E-state index < -0.39 is 20.7 Å². The highest BCUT2D eigenvalue weighted by molar-refractivity contribution is 8.19. The van der Waals surface area contributed by atoms with Gasteiger partial charge in [0.25, 0.3) is 5.91 Å². The van der Waals surface area contributed by atoms with Crippen LogP contribution in [0.15, 0.2) is 11.8 Å². The molecule has 0 aromatic heterocycles. The van der Waals surface area contributed by atoms with Crippen LogP contribution in [0.5, 0.6) is 0 Å². The Morgan fingerprint density at radius 2 is 1.26 bits per heavy atom. The average molecular weight is 708 g/mol. The summed E-state index contributed by atoms with van der Waals surface area (Å²) in [5, 5.41) is 0.184. The zero-order valence-electron chi connectivity index (χ0n) is 30.1. The molecule has 0 N–H and O–H groups in total. The van der Waals surface area contributed by atoms with Gasteiger partial charge in [-0.25, -0.2) is 0 Å². The second-order valence-electron chi connectivity index (χ2n) is 15.2. The molecule has 0 unspecified atom stereocenters. The van der Waals surface area contributed by atoms with E-state index in [2.05, 4.69) is 106 Å². The number of nitrogens with zero attached hydrogens (tertiary/aromatic N) is 1. The molecule has 43 heavy (non-hydrogen) atoms. The fourth-order valence-corrected chi connectivity index (χ4v) is 13.2. The molecular formula is C33H65NO3S4Si2. The van der Waals surface area contributed by atoms with E-state index in [9.17, 15) is 0 Å². The highest BCUT2D eigenvalue weighted by Gasteiger charge is 2.62. The minimum absolute atomic E-state index is 0.0506. The van der Waals surface area contributed by atoms with Crippen molar-refractivity contribution in [3.05, 3.63) is 11.8 Å². The van der Waals surface area contributed by atoms with Crippen molar-refractivity contribution in [3.63, 3.8) is 0 Å². The van der Waals surface area contributed by atoms with Crippen LogP contribution in [0.2, 0.25) is 36.3 Å². The third-order valence-electron chi connectivity index (χ3n) is 9.45. The van der Waals surface area contributed by atoms with E-state index >= 15 is 4.79 Å². The molecule has 0 saturated carbocycles. The number of carbonyl (C=O) groups excluding carboxylic acids is 1. The van der Waals surface area contributed by atoms with Gasteiger partial charge in [-0.1, -0.05) is 69.2 Å². The van der Waals surface area contributed by atoms with E-state index in [0.717, 1.165) is 55.1 Å². The van der Waals surface area contributed by atoms with Gasteiger partial charge in [-0.05, 0) is 97.5 Å². The summed E-state index contributed by atoms with van der Waals surface area (Å²) in [6, 6.07) is 0.